The summed E-state index contributed by atoms with van der Waals surface area (Å²) in [6.45, 7) is 1.12. The molecule has 2 aliphatic rings. The van der Waals surface area contributed by atoms with Gasteiger partial charge >= 0.3 is 0 Å². The van der Waals surface area contributed by atoms with Gasteiger partial charge in [0.1, 0.15) is 0 Å². The Morgan fingerprint density at radius 1 is 1.11 bits per heavy atom. The van der Waals surface area contributed by atoms with Crippen molar-refractivity contribution in [2.75, 3.05) is 13.6 Å². The molecule has 0 aromatic heterocycles. The van der Waals surface area contributed by atoms with Crippen LogP contribution in [0.3, 0.4) is 0 Å². The standard InChI is InChI=1S/C16H24N2/c1-18-15-7-8-16(18)12-14(11-15)17-10-9-13-5-3-2-4-6-13/h2-6,14-17H,7-12H2,1H3/t14?,15-,16+. The molecule has 1 aromatic rings. The molecule has 18 heavy (non-hydrogen) atoms. The zero-order chi connectivity index (χ0) is 12.4. The molecule has 2 fully saturated rings. The third-order valence-electron chi connectivity index (χ3n) is 4.79. The lowest BCUT2D eigenvalue weighted by atomic mass is 9.98. The van der Waals surface area contributed by atoms with Gasteiger partial charge in [0.2, 0.25) is 0 Å². The van der Waals surface area contributed by atoms with Crippen molar-refractivity contribution >= 4 is 0 Å². The maximum Gasteiger partial charge on any atom is 0.0111 e. The Bertz CT molecular complexity index is 362. The maximum atomic E-state index is 3.76. The highest BCUT2D eigenvalue weighted by molar-refractivity contribution is 5.14. The van der Waals surface area contributed by atoms with E-state index in [1.807, 2.05) is 0 Å². The molecule has 3 atom stereocenters. The number of nitrogens with one attached hydrogen (secondary N) is 1. The Balaban J connectivity index is 1.45. The summed E-state index contributed by atoms with van der Waals surface area (Å²) in [6.07, 6.45) is 6.68. The number of piperidine rings is 1. The Morgan fingerprint density at radius 3 is 2.44 bits per heavy atom. The fourth-order valence-corrected chi connectivity index (χ4v) is 3.64. The molecule has 2 heterocycles. The van der Waals surface area contributed by atoms with Crippen molar-refractivity contribution in [3.8, 4) is 0 Å². The molecule has 2 aliphatic heterocycles. The van der Waals surface area contributed by atoms with Crippen LogP contribution < -0.4 is 5.32 Å². The average Bonchev–Trinajstić information content (AvgIpc) is 2.64. The topological polar surface area (TPSA) is 15.3 Å². The van der Waals surface area contributed by atoms with Gasteiger partial charge in [-0.3, -0.25) is 0 Å². The van der Waals surface area contributed by atoms with E-state index in [4.69, 9.17) is 0 Å². The second-order valence-electron chi connectivity index (χ2n) is 5.91. The number of benzene rings is 1. The first-order chi connectivity index (χ1) is 8.83. The monoisotopic (exact) mass is 244 g/mol. The number of nitrogens with zero attached hydrogens (tertiary/aromatic N) is 1. The molecule has 0 saturated carbocycles. The van der Waals surface area contributed by atoms with Crippen LogP contribution >= 0.6 is 0 Å². The van der Waals surface area contributed by atoms with Crippen molar-refractivity contribution in [2.45, 2.75) is 50.2 Å². The molecule has 2 saturated heterocycles. The van der Waals surface area contributed by atoms with Gasteiger partial charge in [0.25, 0.3) is 0 Å². The summed E-state index contributed by atoms with van der Waals surface area (Å²) < 4.78 is 0. The Morgan fingerprint density at radius 2 is 1.78 bits per heavy atom. The molecule has 0 amide bonds. The van der Waals surface area contributed by atoms with Crippen molar-refractivity contribution in [3.63, 3.8) is 0 Å². The van der Waals surface area contributed by atoms with Gasteiger partial charge < -0.3 is 10.2 Å². The first-order valence-corrected chi connectivity index (χ1v) is 7.32. The van der Waals surface area contributed by atoms with Crippen molar-refractivity contribution in [1.29, 1.82) is 0 Å². The Hall–Kier alpha value is -0.860. The molecule has 1 N–H and O–H groups in total. The third kappa shape index (κ3) is 2.60. The van der Waals surface area contributed by atoms with Gasteiger partial charge in [0.15, 0.2) is 0 Å². The van der Waals surface area contributed by atoms with Crippen LogP contribution in [-0.4, -0.2) is 36.6 Å². The SMILES string of the molecule is CN1[C@@H]2CC[C@H]1CC(NCCc1ccccc1)C2. The summed E-state index contributed by atoms with van der Waals surface area (Å²) in [5, 5.41) is 3.76. The summed E-state index contributed by atoms with van der Waals surface area (Å²) in [5.74, 6) is 0. The molecule has 2 heteroatoms. The molecule has 2 nitrogen and oxygen atoms in total. The fourth-order valence-electron chi connectivity index (χ4n) is 3.64. The van der Waals surface area contributed by atoms with Crippen LogP contribution in [0.1, 0.15) is 31.2 Å². The molecule has 2 bridgehead atoms. The first kappa shape index (κ1) is 12.2. The zero-order valence-electron chi connectivity index (χ0n) is 11.3. The predicted octanol–water partition coefficient (Wildman–Crippen LogP) is 2.44. The molecule has 0 aliphatic carbocycles. The van der Waals surface area contributed by atoms with Gasteiger partial charge in [-0.05, 0) is 51.3 Å². The van der Waals surface area contributed by atoms with Crippen LogP contribution in [-0.2, 0) is 6.42 Å². The average molecular weight is 244 g/mol. The van der Waals surface area contributed by atoms with Crippen molar-refractivity contribution < 1.29 is 0 Å². The molecule has 1 aromatic carbocycles. The van der Waals surface area contributed by atoms with Gasteiger partial charge in [-0.15, -0.1) is 0 Å². The van der Waals surface area contributed by atoms with Gasteiger partial charge in [-0.1, -0.05) is 30.3 Å². The van der Waals surface area contributed by atoms with E-state index < -0.39 is 0 Å². The number of rotatable bonds is 4. The van der Waals surface area contributed by atoms with Crippen LogP contribution in [0.4, 0.5) is 0 Å². The van der Waals surface area contributed by atoms with Crippen LogP contribution in [0.25, 0.3) is 0 Å². The van der Waals surface area contributed by atoms with E-state index in [1.165, 1.54) is 31.2 Å². The highest BCUT2D eigenvalue weighted by Gasteiger charge is 2.37. The summed E-state index contributed by atoms with van der Waals surface area (Å²) in [5.41, 5.74) is 1.45. The van der Waals surface area contributed by atoms with Crippen LogP contribution in [0, 0.1) is 0 Å². The Labute approximate surface area is 110 Å². The van der Waals surface area contributed by atoms with Gasteiger partial charge in [-0.25, -0.2) is 0 Å². The maximum absolute atomic E-state index is 3.76. The van der Waals surface area contributed by atoms with Crippen LogP contribution in [0.5, 0.6) is 0 Å². The van der Waals surface area contributed by atoms with E-state index in [0.717, 1.165) is 31.1 Å². The molecular formula is C16H24N2. The van der Waals surface area contributed by atoms with E-state index in [0.29, 0.717) is 0 Å². The van der Waals surface area contributed by atoms with E-state index >= 15 is 0 Å². The van der Waals surface area contributed by atoms with Crippen molar-refractivity contribution in [2.24, 2.45) is 0 Å². The van der Waals surface area contributed by atoms with Crippen molar-refractivity contribution in [1.82, 2.24) is 10.2 Å². The minimum Gasteiger partial charge on any atom is -0.314 e. The van der Waals surface area contributed by atoms with Crippen LogP contribution in [0.2, 0.25) is 0 Å². The summed E-state index contributed by atoms with van der Waals surface area (Å²) in [7, 11) is 2.31. The minimum absolute atomic E-state index is 0.752. The largest absolute Gasteiger partial charge is 0.314 e. The lowest BCUT2D eigenvalue weighted by Gasteiger charge is -2.36. The predicted molar refractivity (Wildman–Crippen MR) is 75.7 cm³/mol. The summed E-state index contributed by atoms with van der Waals surface area (Å²) in [4.78, 5) is 2.61. The van der Waals surface area contributed by atoms with E-state index in [-0.39, 0.29) is 0 Å². The first-order valence-electron chi connectivity index (χ1n) is 7.32. The lowest BCUT2D eigenvalue weighted by molar-refractivity contribution is 0.149. The smallest absolute Gasteiger partial charge is 0.0111 e. The normalized spacial score (nSPS) is 31.7. The summed E-state index contributed by atoms with van der Waals surface area (Å²) >= 11 is 0. The third-order valence-corrected chi connectivity index (χ3v) is 4.79. The fraction of sp³-hybridized carbons (Fsp3) is 0.625. The highest BCUT2D eigenvalue weighted by atomic mass is 15.2. The lowest BCUT2D eigenvalue weighted by Crippen LogP contribution is -2.47. The molecule has 0 spiro atoms. The van der Waals surface area contributed by atoms with E-state index in [2.05, 4.69) is 47.6 Å². The second-order valence-corrected chi connectivity index (χ2v) is 5.91. The molecule has 98 valence electrons. The number of fused-ring (bicyclic) bond motifs is 2. The molecule has 3 rings (SSSR count). The second kappa shape index (κ2) is 5.41. The minimum atomic E-state index is 0.752. The highest BCUT2D eigenvalue weighted by Crippen LogP contribution is 2.34. The zero-order valence-corrected chi connectivity index (χ0v) is 11.3. The number of hydrogen-bond acceptors (Lipinski definition) is 2. The molecule has 0 radical (unpaired) electrons. The van der Waals surface area contributed by atoms with Gasteiger partial charge in [0.05, 0.1) is 0 Å². The molecule has 1 unspecified atom stereocenters. The van der Waals surface area contributed by atoms with Gasteiger partial charge in [0, 0.05) is 18.1 Å². The van der Waals surface area contributed by atoms with E-state index in [9.17, 15) is 0 Å². The van der Waals surface area contributed by atoms with Crippen LogP contribution in [0.15, 0.2) is 30.3 Å². The molecular weight excluding hydrogens is 220 g/mol. The summed E-state index contributed by atoms with van der Waals surface area (Å²) in [6, 6.07) is 13.2. The van der Waals surface area contributed by atoms with Gasteiger partial charge in [-0.2, -0.15) is 0 Å². The Kier molecular flexibility index (Phi) is 3.67. The van der Waals surface area contributed by atoms with Crippen molar-refractivity contribution in [3.05, 3.63) is 35.9 Å². The number of hydrogen-bond donors (Lipinski definition) is 1. The quantitative estimate of drug-likeness (QED) is 0.875. The van der Waals surface area contributed by atoms with E-state index in [1.54, 1.807) is 0 Å².